The van der Waals surface area contributed by atoms with E-state index in [1.165, 1.54) is 0 Å². The minimum atomic E-state index is -2.19. The van der Waals surface area contributed by atoms with Gasteiger partial charge in [0.15, 0.2) is 5.83 Å². The van der Waals surface area contributed by atoms with Crippen molar-refractivity contribution in [2.24, 2.45) is 0 Å². The molecule has 0 saturated heterocycles. The van der Waals surface area contributed by atoms with Gasteiger partial charge in [-0.2, -0.15) is 8.78 Å². The molecule has 46 valence electrons. The van der Waals surface area contributed by atoms with Gasteiger partial charge in [-0.25, -0.2) is 4.39 Å². The Morgan fingerprint density at radius 1 is 1.25 bits per heavy atom. The number of allylic oxidation sites excluding steroid dienone is 1. The van der Waals surface area contributed by atoms with Crippen LogP contribution in [0, 0.1) is 0 Å². The molecule has 4 heteroatoms. The van der Waals surface area contributed by atoms with E-state index in [4.69, 9.17) is 0 Å². The van der Waals surface area contributed by atoms with Crippen molar-refractivity contribution < 1.29 is 13.2 Å². The van der Waals surface area contributed by atoms with Crippen LogP contribution in [0.3, 0.4) is 0 Å². The summed E-state index contributed by atoms with van der Waals surface area (Å²) in [6.45, 7) is 0. The molecule has 0 spiro atoms. The van der Waals surface area contributed by atoms with Crippen LogP contribution in [0.5, 0.6) is 0 Å². The Bertz CT molecular complexity index is 95.5. The van der Waals surface area contributed by atoms with Gasteiger partial charge in [0.1, 0.15) is 7.85 Å². The first-order valence-corrected chi connectivity index (χ1v) is 2.38. The summed E-state index contributed by atoms with van der Waals surface area (Å²) < 4.78 is 33.9. The van der Waals surface area contributed by atoms with Crippen molar-refractivity contribution in [2.45, 2.75) is 12.7 Å². The van der Waals surface area contributed by atoms with Crippen LogP contribution in [0.15, 0.2) is 11.9 Å². The summed E-state index contributed by atoms with van der Waals surface area (Å²) in [7, 11) is 1.64. The first-order valence-electron chi connectivity index (χ1n) is 2.38. The molecule has 0 aromatic rings. The van der Waals surface area contributed by atoms with Crippen LogP contribution in [0.25, 0.3) is 0 Å². The average molecular weight is 122 g/mol. The molecule has 8 heavy (non-hydrogen) atoms. The van der Waals surface area contributed by atoms with Crippen LogP contribution in [0.4, 0.5) is 13.2 Å². The maximum absolute atomic E-state index is 11.7. The van der Waals surface area contributed by atoms with Gasteiger partial charge in [0.2, 0.25) is 0 Å². The van der Waals surface area contributed by atoms with Crippen LogP contribution >= 0.6 is 0 Å². The van der Waals surface area contributed by atoms with Crippen LogP contribution in [0.2, 0.25) is 6.32 Å². The zero-order chi connectivity index (χ0) is 6.57. The van der Waals surface area contributed by atoms with E-state index in [-0.39, 0.29) is 6.42 Å². The van der Waals surface area contributed by atoms with Gasteiger partial charge in [0.25, 0.3) is 0 Å². The second-order valence-electron chi connectivity index (χ2n) is 1.42. The summed E-state index contributed by atoms with van der Waals surface area (Å²) >= 11 is 0. The Morgan fingerprint density at radius 3 is 1.88 bits per heavy atom. The summed E-state index contributed by atoms with van der Waals surface area (Å²) in [4.78, 5) is 0. The van der Waals surface area contributed by atoms with E-state index >= 15 is 0 Å². The fraction of sp³-hybridized carbons (Fsp3) is 0.500. The zero-order valence-corrected chi connectivity index (χ0v) is 4.55. The lowest BCUT2D eigenvalue weighted by atomic mass is 10.0. The monoisotopic (exact) mass is 122 g/mol. The smallest absolute Gasteiger partial charge is 0.206 e. The Kier molecular flexibility index (Phi) is 3.40. The van der Waals surface area contributed by atoms with Crippen molar-refractivity contribution in [2.75, 3.05) is 0 Å². The third-order valence-electron chi connectivity index (χ3n) is 0.675. The molecular weight excluding hydrogens is 116 g/mol. The summed E-state index contributed by atoms with van der Waals surface area (Å²) in [6, 6.07) is 0. The van der Waals surface area contributed by atoms with Crippen molar-refractivity contribution in [3.05, 3.63) is 11.9 Å². The van der Waals surface area contributed by atoms with Gasteiger partial charge in [0, 0.05) is 0 Å². The minimum Gasteiger partial charge on any atom is -0.206 e. The summed E-state index contributed by atoms with van der Waals surface area (Å²) in [6.07, 6.45) is -1.92. The molecule has 0 saturated carbocycles. The molecule has 0 atom stereocenters. The lowest BCUT2D eigenvalue weighted by Gasteiger charge is -1.87. The van der Waals surface area contributed by atoms with E-state index in [2.05, 4.69) is 0 Å². The zero-order valence-electron chi connectivity index (χ0n) is 4.55. The SMILES string of the molecule is BCCC(F)=C(F)F. The van der Waals surface area contributed by atoms with Crippen LogP contribution in [0.1, 0.15) is 6.42 Å². The summed E-state index contributed by atoms with van der Waals surface area (Å²) in [5.41, 5.74) is 0. The maximum atomic E-state index is 11.7. The molecule has 0 amide bonds. The van der Waals surface area contributed by atoms with Gasteiger partial charge < -0.3 is 0 Å². The molecule has 0 rings (SSSR count). The molecule has 0 aliphatic carbocycles. The molecular formula is C4H6BF3. The van der Waals surface area contributed by atoms with Crippen LogP contribution < -0.4 is 0 Å². The molecule has 0 aromatic heterocycles. The molecule has 0 heterocycles. The third-order valence-corrected chi connectivity index (χ3v) is 0.675. The average Bonchev–Trinajstić information content (AvgIpc) is 1.67. The van der Waals surface area contributed by atoms with Crippen molar-refractivity contribution in [1.82, 2.24) is 0 Å². The fourth-order valence-corrected chi connectivity index (χ4v) is 0.314. The number of halogens is 3. The van der Waals surface area contributed by atoms with Crippen LogP contribution in [-0.4, -0.2) is 7.85 Å². The van der Waals surface area contributed by atoms with E-state index in [0.29, 0.717) is 6.32 Å². The van der Waals surface area contributed by atoms with Crippen molar-refractivity contribution in [3.8, 4) is 0 Å². The Balaban J connectivity index is 3.62. The van der Waals surface area contributed by atoms with Gasteiger partial charge in [-0.1, -0.05) is 6.32 Å². The van der Waals surface area contributed by atoms with Crippen molar-refractivity contribution in [3.63, 3.8) is 0 Å². The second-order valence-corrected chi connectivity index (χ2v) is 1.42. The van der Waals surface area contributed by atoms with E-state index in [9.17, 15) is 13.2 Å². The first-order chi connectivity index (χ1) is 3.68. The van der Waals surface area contributed by atoms with E-state index < -0.39 is 11.9 Å². The Hall–Kier alpha value is -0.405. The fourth-order valence-electron chi connectivity index (χ4n) is 0.314. The number of hydrogen-bond donors (Lipinski definition) is 0. The highest BCUT2D eigenvalue weighted by Crippen LogP contribution is 2.13. The number of rotatable bonds is 2. The second kappa shape index (κ2) is 3.58. The third kappa shape index (κ3) is 2.72. The van der Waals surface area contributed by atoms with Gasteiger partial charge in [-0.15, -0.1) is 0 Å². The molecule has 0 radical (unpaired) electrons. The lowest BCUT2D eigenvalue weighted by molar-refractivity contribution is 0.373. The van der Waals surface area contributed by atoms with E-state index in [0.717, 1.165) is 0 Å². The molecule has 0 fully saturated rings. The highest BCUT2D eigenvalue weighted by atomic mass is 19.3. The molecule has 0 aliphatic rings. The highest BCUT2D eigenvalue weighted by Gasteiger charge is 2.00. The quantitative estimate of drug-likeness (QED) is 0.487. The highest BCUT2D eigenvalue weighted by molar-refractivity contribution is 6.08. The molecule has 0 unspecified atom stereocenters. The predicted octanol–water partition coefficient (Wildman–Crippen LogP) is 1.51. The molecule has 0 aromatic carbocycles. The molecule has 0 N–H and O–H groups in total. The minimum absolute atomic E-state index is 0.150. The van der Waals surface area contributed by atoms with Gasteiger partial charge in [-0.05, 0) is 6.42 Å². The normalized spacial score (nSPS) is 8.88. The van der Waals surface area contributed by atoms with E-state index in [1.807, 2.05) is 0 Å². The van der Waals surface area contributed by atoms with Gasteiger partial charge in [0.05, 0.1) is 0 Å². The van der Waals surface area contributed by atoms with E-state index in [1.54, 1.807) is 7.85 Å². The number of hydrogen-bond acceptors (Lipinski definition) is 0. The predicted molar refractivity (Wildman–Crippen MR) is 28.3 cm³/mol. The van der Waals surface area contributed by atoms with Gasteiger partial charge >= 0.3 is 6.08 Å². The largest absolute Gasteiger partial charge is 0.301 e. The summed E-state index contributed by atoms with van der Waals surface area (Å²) in [5.74, 6) is -1.28. The van der Waals surface area contributed by atoms with Crippen molar-refractivity contribution in [1.29, 1.82) is 0 Å². The standard InChI is InChI=1S/C4H6BF3/c5-2-1-3(6)4(7)8/h1-2,5H2. The van der Waals surface area contributed by atoms with Gasteiger partial charge in [-0.3, -0.25) is 0 Å². The molecule has 0 bridgehead atoms. The Morgan fingerprint density at radius 2 is 1.75 bits per heavy atom. The maximum Gasteiger partial charge on any atom is 0.301 e. The molecule has 0 aliphatic heterocycles. The summed E-state index contributed by atoms with van der Waals surface area (Å²) in [5, 5.41) is 0. The first kappa shape index (κ1) is 7.59. The molecule has 0 nitrogen and oxygen atoms in total. The topological polar surface area (TPSA) is 0 Å². The Labute approximate surface area is 46.8 Å². The van der Waals surface area contributed by atoms with Crippen LogP contribution in [-0.2, 0) is 0 Å². The van der Waals surface area contributed by atoms with Crippen molar-refractivity contribution >= 4 is 7.85 Å². The lowest BCUT2D eigenvalue weighted by Crippen LogP contribution is -1.75.